The van der Waals surface area contributed by atoms with Gasteiger partial charge in [0, 0.05) is 18.1 Å². The van der Waals surface area contributed by atoms with Crippen LogP contribution in [0.25, 0.3) is 0 Å². The van der Waals surface area contributed by atoms with Crippen LogP contribution in [0, 0.1) is 0 Å². The number of halogens is 2. The molecule has 0 aliphatic carbocycles. The number of nitrogens with one attached hydrogen (secondary N) is 2. The molecule has 0 saturated heterocycles. The predicted octanol–water partition coefficient (Wildman–Crippen LogP) is 2.91. The Bertz CT molecular complexity index is 984. The van der Waals surface area contributed by atoms with Gasteiger partial charge in [0.15, 0.2) is 11.5 Å². The minimum absolute atomic E-state index is 0.180. The number of hydrogen-bond donors (Lipinski definition) is 2. The van der Waals surface area contributed by atoms with Crippen LogP contribution in [0.2, 0.25) is 10.0 Å². The van der Waals surface area contributed by atoms with Crippen LogP contribution in [0.5, 0.6) is 11.5 Å². The second-order valence-corrected chi connectivity index (χ2v) is 7.52. The van der Waals surface area contributed by atoms with Crippen LogP contribution < -0.4 is 20.1 Å². The highest BCUT2D eigenvalue weighted by Gasteiger charge is 2.16. The molecule has 172 valence electrons. The molecule has 0 radical (unpaired) electrons. The number of likely N-dealkylation sites (N-methyl/N-ethyl adjacent to an activating group) is 1. The molecule has 2 rings (SSSR count). The molecule has 0 fully saturated rings. The summed E-state index contributed by atoms with van der Waals surface area (Å²) >= 11 is 11.8. The van der Waals surface area contributed by atoms with Crippen molar-refractivity contribution in [1.82, 2.24) is 15.5 Å². The second-order valence-electron chi connectivity index (χ2n) is 6.68. The lowest BCUT2D eigenvalue weighted by Crippen LogP contribution is -2.43. The van der Waals surface area contributed by atoms with Crippen molar-refractivity contribution in [2.45, 2.75) is 13.5 Å². The van der Waals surface area contributed by atoms with Crippen LogP contribution in [0.4, 0.5) is 0 Å². The molecule has 2 N–H and O–H groups in total. The van der Waals surface area contributed by atoms with Gasteiger partial charge in [0.05, 0.1) is 37.9 Å². The molecular formula is C22H25Cl2N3O5. The molecule has 0 saturated carbocycles. The van der Waals surface area contributed by atoms with Gasteiger partial charge in [0.2, 0.25) is 11.8 Å². The Kier molecular flexibility index (Phi) is 9.61. The Balaban J connectivity index is 1.85. The average molecular weight is 482 g/mol. The zero-order chi connectivity index (χ0) is 23.7. The topological polar surface area (TPSA) is 97.0 Å². The first-order chi connectivity index (χ1) is 15.3. The Labute approximate surface area is 196 Å². The van der Waals surface area contributed by atoms with Crippen LogP contribution in [-0.4, -0.2) is 56.5 Å². The van der Waals surface area contributed by atoms with E-state index >= 15 is 0 Å². The maximum atomic E-state index is 12.5. The van der Waals surface area contributed by atoms with Crippen molar-refractivity contribution >= 4 is 40.9 Å². The summed E-state index contributed by atoms with van der Waals surface area (Å²) in [5, 5.41) is 5.55. The van der Waals surface area contributed by atoms with E-state index in [1.54, 1.807) is 31.3 Å². The standard InChI is InChI=1S/C22H25Cl2N3O5/c1-4-27(13-14-5-8-18(31-2)19(9-14)32-3)21(29)12-25-20(28)11-26-22(30)16-7-6-15(23)10-17(16)24/h5-10H,4,11-13H2,1-3H3,(H,25,28)(H,26,30). The summed E-state index contributed by atoms with van der Waals surface area (Å²) in [6, 6.07) is 9.84. The average Bonchev–Trinajstić information content (AvgIpc) is 2.79. The fraction of sp³-hybridized carbons (Fsp3) is 0.318. The number of hydrogen-bond acceptors (Lipinski definition) is 5. The first kappa shape index (κ1) is 25.3. The number of methoxy groups -OCH3 is 2. The Morgan fingerprint density at radius 3 is 2.28 bits per heavy atom. The Morgan fingerprint density at radius 2 is 1.66 bits per heavy atom. The van der Waals surface area contributed by atoms with Gasteiger partial charge in [-0.2, -0.15) is 0 Å². The van der Waals surface area contributed by atoms with E-state index in [1.807, 2.05) is 13.0 Å². The lowest BCUT2D eigenvalue weighted by Gasteiger charge is -2.22. The highest BCUT2D eigenvalue weighted by molar-refractivity contribution is 6.36. The lowest BCUT2D eigenvalue weighted by atomic mass is 10.2. The fourth-order valence-corrected chi connectivity index (χ4v) is 3.35. The van der Waals surface area contributed by atoms with Gasteiger partial charge in [-0.05, 0) is 42.8 Å². The number of ether oxygens (including phenoxy) is 2. The van der Waals surface area contributed by atoms with Gasteiger partial charge in [-0.15, -0.1) is 0 Å². The van der Waals surface area contributed by atoms with E-state index in [0.29, 0.717) is 29.6 Å². The molecule has 0 heterocycles. The SMILES string of the molecule is CCN(Cc1ccc(OC)c(OC)c1)C(=O)CNC(=O)CNC(=O)c1ccc(Cl)cc1Cl. The molecule has 0 spiro atoms. The molecule has 3 amide bonds. The monoisotopic (exact) mass is 481 g/mol. The van der Waals surface area contributed by atoms with E-state index in [9.17, 15) is 14.4 Å². The molecule has 0 aliphatic rings. The summed E-state index contributed by atoms with van der Waals surface area (Å²) in [7, 11) is 3.09. The van der Waals surface area contributed by atoms with Gasteiger partial charge in [0.1, 0.15) is 0 Å². The van der Waals surface area contributed by atoms with Crippen LogP contribution in [-0.2, 0) is 16.1 Å². The van der Waals surface area contributed by atoms with Crippen molar-refractivity contribution in [3.8, 4) is 11.5 Å². The maximum absolute atomic E-state index is 12.5. The third-order valence-electron chi connectivity index (χ3n) is 4.58. The van der Waals surface area contributed by atoms with E-state index in [2.05, 4.69) is 10.6 Å². The molecule has 0 aromatic heterocycles. The van der Waals surface area contributed by atoms with Gasteiger partial charge in [0.25, 0.3) is 5.91 Å². The number of rotatable bonds is 10. The molecule has 10 heteroatoms. The number of carbonyl (C=O) groups excluding carboxylic acids is 3. The lowest BCUT2D eigenvalue weighted by molar-refractivity contribution is -0.133. The van der Waals surface area contributed by atoms with E-state index < -0.39 is 11.8 Å². The van der Waals surface area contributed by atoms with Crippen molar-refractivity contribution in [1.29, 1.82) is 0 Å². The predicted molar refractivity (Wildman–Crippen MR) is 122 cm³/mol. The van der Waals surface area contributed by atoms with Crippen LogP contribution in [0.3, 0.4) is 0 Å². The van der Waals surface area contributed by atoms with Gasteiger partial charge in [-0.25, -0.2) is 0 Å². The Hall–Kier alpha value is -2.97. The zero-order valence-electron chi connectivity index (χ0n) is 18.0. The van der Waals surface area contributed by atoms with Crippen LogP contribution in [0.1, 0.15) is 22.8 Å². The van der Waals surface area contributed by atoms with Crippen molar-refractivity contribution in [3.05, 3.63) is 57.6 Å². The van der Waals surface area contributed by atoms with Crippen molar-refractivity contribution in [2.24, 2.45) is 0 Å². The molecule has 8 nitrogen and oxygen atoms in total. The van der Waals surface area contributed by atoms with Crippen LogP contribution in [0.15, 0.2) is 36.4 Å². The molecule has 32 heavy (non-hydrogen) atoms. The number of amides is 3. The quantitative estimate of drug-likeness (QED) is 0.543. The maximum Gasteiger partial charge on any atom is 0.253 e. The van der Waals surface area contributed by atoms with Crippen molar-refractivity contribution in [2.75, 3.05) is 33.9 Å². The highest BCUT2D eigenvalue weighted by Crippen LogP contribution is 2.28. The normalized spacial score (nSPS) is 10.3. The van der Waals surface area contributed by atoms with Gasteiger partial charge in [-0.1, -0.05) is 29.3 Å². The molecule has 0 unspecified atom stereocenters. The van der Waals surface area contributed by atoms with Crippen LogP contribution >= 0.6 is 23.2 Å². The van der Waals surface area contributed by atoms with Crippen molar-refractivity contribution < 1.29 is 23.9 Å². The third kappa shape index (κ3) is 7.03. The first-order valence-electron chi connectivity index (χ1n) is 9.77. The van der Waals surface area contributed by atoms with Gasteiger partial charge in [-0.3, -0.25) is 14.4 Å². The van der Waals surface area contributed by atoms with E-state index in [0.717, 1.165) is 5.56 Å². The summed E-state index contributed by atoms with van der Waals surface area (Å²) in [5.74, 6) is -0.114. The summed E-state index contributed by atoms with van der Waals surface area (Å²) in [6.45, 7) is 2.15. The summed E-state index contributed by atoms with van der Waals surface area (Å²) in [6.07, 6.45) is 0. The first-order valence-corrected chi connectivity index (χ1v) is 10.5. The minimum Gasteiger partial charge on any atom is -0.493 e. The van der Waals surface area contributed by atoms with Gasteiger partial charge < -0.3 is 25.0 Å². The zero-order valence-corrected chi connectivity index (χ0v) is 19.5. The largest absolute Gasteiger partial charge is 0.493 e. The summed E-state index contributed by atoms with van der Waals surface area (Å²) in [5.41, 5.74) is 1.06. The fourth-order valence-electron chi connectivity index (χ4n) is 2.85. The number of nitrogens with zero attached hydrogens (tertiary/aromatic N) is 1. The minimum atomic E-state index is -0.517. The molecule has 0 atom stereocenters. The van der Waals surface area contributed by atoms with Crippen molar-refractivity contribution in [3.63, 3.8) is 0 Å². The molecule has 2 aromatic rings. The summed E-state index contributed by atoms with van der Waals surface area (Å²) < 4.78 is 10.5. The van der Waals surface area contributed by atoms with Gasteiger partial charge >= 0.3 is 0 Å². The Morgan fingerprint density at radius 1 is 0.938 bits per heavy atom. The molecule has 0 bridgehead atoms. The van der Waals surface area contributed by atoms with E-state index in [1.165, 1.54) is 18.2 Å². The summed E-state index contributed by atoms with van der Waals surface area (Å²) in [4.78, 5) is 38.4. The molecular weight excluding hydrogens is 457 g/mol. The third-order valence-corrected chi connectivity index (χ3v) is 5.13. The molecule has 0 aliphatic heterocycles. The molecule has 2 aromatic carbocycles. The van der Waals surface area contributed by atoms with E-state index in [4.69, 9.17) is 32.7 Å². The second kappa shape index (κ2) is 12.2. The van der Waals surface area contributed by atoms with E-state index in [-0.39, 0.29) is 29.6 Å². The number of carbonyl (C=O) groups is 3. The number of benzene rings is 2. The highest BCUT2D eigenvalue weighted by atomic mass is 35.5. The smallest absolute Gasteiger partial charge is 0.253 e.